The zero-order chi connectivity index (χ0) is 11.8. The van der Waals surface area contributed by atoms with Gasteiger partial charge in [-0.15, -0.1) is 0 Å². The second kappa shape index (κ2) is 7.66. The van der Waals surface area contributed by atoms with Crippen LogP contribution in [0.15, 0.2) is 0 Å². The van der Waals surface area contributed by atoms with E-state index in [1.54, 1.807) is 0 Å². The first kappa shape index (κ1) is 13.5. The molecule has 1 aliphatic rings. The lowest BCUT2D eigenvalue weighted by Crippen LogP contribution is -2.35. The number of hydrogen-bond donors (Lipinski definition) is 2. The molecule has 94 valence electrons. The summed E-state index contributed by atoms with van der Waals surface area (Å²) in [6.07, 6.45) is 6.35. The summed E-state index contributed by atoms with van der Waals surface area (Å²) in [5.74, 6) is 0.945. The molecule has 1 atom stereocenters. The highest BCUT2D eigenvalue weighted by atomic mass is 16.1. The Labute approximate surface area is 99.4 Å². The first-order valence-electron chi connectivity index (χ1n) is 6.76. The van der Waals surface area contributed by atoms with Crippen LogP contribution >= 0.6 is 0 Å². The highest BCUT2D eigenvalue weighted by Gasteiger charge is 2.15. The Morgan fingerprint density at radius 1 is 1.44 bits per heavy atom. The van der Waals surface area contributed by atoms with Gasteiger partial charge in [-0.3, -0.25) is 4.79 Å². The summed E-state index contributed by atoms with van der Waals surface area (Å²) >= 11 is 0. The molecule has 3 nitrogen and oxygen atoms in total. The maximum absolute atomic E-state index is 11.7. The average Bonchev–Trinajstić information content (AvgIpc) is 2.34. The Bertz CT molecular complexity index is 196. The van der Waals surface area contributed by atoms with Gasteiger partial charge in [0.2, 0.25) is 5.91 Å². The summed E-state index contributed by atoms with van der Waals surface area (Å²) in [6.45, 7) is 6.49. The summed E-state index contributed by atoms with van der Waals surface area (Å²) in [5.41, 5.74) is 0. The summed E-state index contributed by atoms with van der Waals surface area (Å²) in [6, 6.07) is 0.372. The van der Waals surface area contributed by atoms with Gasteiger partial charge in [0.25, 0.3) is 0 Å². The summed E-state index contributed by atoms with van der Waals surface area (Å²) in [4.78, 5) is 11.7. The molecule has 0 radical (unpaired) electrons. The third-order valence-corrected chi connectivity index (χ3v) is 3.53. The fourth-order valence-electron chi connectivity index (χ4n) is 2.30. The van der Waals surface area contributed by atoms with Crippen LogP contribution in [0, 0.1) is 5.92 Å². The molecular formula is C13H26N2O. The minimum absolute atomic E-state index is 0.235. The van der Waals surface area contributed by atoms with E-state index in [0.717, 1.165) is 32.4 Å². The second-order valence-electron chi connectivity index (χ2n) is 4.83. The molecule has 1 fully saturated rings. The fourth-order valence-corrected chi connectivity index (χ4v) is 2.30. The number of carbonyl (C=O) groups excluding carboxylic acids is 1. The van der Waals surface area contributed by atoms with Crippen LogP contribution in [0.3, 0.4) is 0 Å². The zero-order valence-electron chi connectivity index (χ0n) is 10.7. The SMILES string of the molecule is CCC(CC)NC(=O)CCC1CCCNC1. The molecule has 1 heterocycles. The smallest absolute Gasteiger partial charge is 0.220 e. The van der Waals surface area contributed by atoms with Crippen molar-refractivity contribution in [3.63, 3.8) is 0 Å². The Balaban J connectivity index is 2.13. The monoisotopic (exact) mass is 226 g/mol. The standard InChI is InChI=1S/C13H26N2O/c1-3-12(4-2)15-13(16)8-7-11-6-5-9-14-10-11/h11-12,14H,3-10H2,1-2H3,(H,15,16). The maximum atomic E-state index is 11.7. The number of amides is 1. The molecule has 1 aliphatic heterocycles. The quantitative estimate of drug-likeness (QED) is 0.728. The zero-order valence-corrected chi connectivity index (χ0v) is 10.7. The van der Waals surface area contributed by atoms with Gasteiger partial charge in [-0.1, -0.05) is 13.8 Å². The molecule has 0 aromatic heterocycles. The molecule has 0 aromatic carbocycles. The Morgan fingerprint density at radius 3 is 2.75 bits per heavy atom. The minimum atomic E-state index is 0.235. The van der Waals surface area contributed by atoms with Crippen LogP contribution in [-0.2, 0) is 4.79 Å². The molecule has 1 amide bonds. The van der Waals surface area contributed by atoms with E-state index in [0.29, 0.717) is 18.4 Å². The molecule has 0 saturated carbocycles. The number of carbonyl (C=O) groups is 1. The van der Waals surface area contributed by atoms with E-state index in [-0.39, 0.29) is 5.91 Å². The van der Waals surface area contributed by atoms with Gasteiger partial charge in [-0.05, 0) is 51.1 Å². The summed E-state index contributed by atoms with van der Waals surface area (Å²) in [7, 11) is 0. The van der Waals surface area contributed by atoms with E-state index in [4.69, 9.17) is 0 Å². The highest BCUT2D eigenvalue weighted by Crippen LogP contribution is 2.15. The van der Waals surface area contributed by atoms with Crippen molar-refractivity contribution >= 4 is 5.91 Å². The van der Waals surface area contributed by atoms with E-state index in [1.165, 1.54) is 12.8 Å². The molecule has 1 saturated heterocycles. The summed E-state index contributed by atoms with van der Waals surface area (Å²) in [5, 5.41) is 6.49. The van der Waals surface area contributed by atoms with Gasteiger partial charge >= 0.3 is 0 Å². The van der Waals surface area contributed by atoms with E-state index >= 15 is 0 Å². The fraction of sp³-hybridized carbons (Fsp3) is 0.923. The van der Waals surface area contributed by atoms with Crippen LogP contribution in [0.2, 0.25) is 0 Å². The minimum Gasteiger partial charge on any atom is -0.353 e. The van der Waals surface area contributed by atoms with Gasteiger partial charge in [0.05, 0.1) is 0 Å². The van der Waals surface area contributed by atoms with E-state index in [9.17, 15) is 4.79 Å². The predicted molar refractivity (Wildman–Crippen MR) is 67.3 cm³/mol. The predicted octanol–water partition coefficient (Wildman–Crippen LogP) is 2.07. The molecule has 1 unspecified atom stereocenters. The van der Waals surface area contributed by atoms with Crippen molar-refractivity contribution in [1.82, 2.24) is 10.6 Å². The van der Waals surface area contributed by atoms with Gasteiger partial charge in [0, 0.05) is 12.5 Å². The van der Waals surface area contributed by atoms with E-state index in [2.05, 4.69) is 24.5 Å². The third kappa shape index (κ3) is 4.97. The lowest BCUT2D eigenvalue weighted by Gasteiger charge is -2.22. The van der Waals surface area contributed by atoms with Crippen molar-refractivity contribution in [1.29, 1.82) is 0 Å². The van der Waals surface area contributed by atoms with Crippen LogP contribution in [0.5, 0.6) is 0 Å². The Kier molecular flexibility index (Phi) is 6.46. The first-order valence-corrected chi connectivity index (χ1v) is 6.76. The van der Waals surface area contributed by atoms with Gasteiger partial charge in [-0.2, -0.15) is 0 Å². The molecule has 0 spiro atoms. The number of rotatable bonds is 6. The Morgan fingerprint density at radius 2 is 2.19 bits per heavy atom. The molecule has 16 heavy (non-hydrogen) atoms. The molecule has 0 bridgehead atoms. The molecule has 1 rings (SSSR count). The first-order chi connectivity index (χ1) is 7.76. The number of nitrogens with one attached hydrogen (secondary N) is 2. The van der Waals surface area contributed by atoms with Crippen molar-refractivity contribution in [2.45, 2.75) is 58.4 Å². The van der Waals surface area contributed by atoms with Crippen LogP contribution in [0.25, 0.3) is 0 Å². The maximum Gasteiger partial charge on any atom is 0.220 e. The van der Waals surface area contributed by atoms with Gasteiger partial charge in [-0.25, -0.2) is 0 Å². The molecule has 3 heteroatoms. The van der Waals surface area contributed by atoms with E-state index in [1.807, 2.05) is 0 Å². The van der Waals surface area contributed by atoms with Gasteiger partial charge in [0.15, 0.2) is 0 Å². The van der Waals surface area contributed by atoms with Crippen molar-refractivity contribution < 1.29 is 4.79 Å². The molecule has 0 aromatic rings. The average molecular weight is 226 g/mol. The van der Waals surface area contributed by atoms with Crippen LogP contribution < -0.4 is 10.6 Å². The lowest BCUT2D eigenvalue weighted by molar-refractivity contribution is -0.122. The number of hydrogen-bond acceptors (Lipinski definition) is 2. The Hall–Kier alpha value is -0.570. The van der Waals surface area contributed by atoms with Crippen molar-refractivity contribution in [3.8, 4) is 0 Å². The van der Waals surface area contributed by atoms with Crippen LogP contribution in [0.1, 0.15) is 52.4 Å². The molecule has 0 aliphatic carbocycles. The number of piperidine rings is 1. The topological polar surface area (TPSA) is 41.1 Å². The highest BCUT2D eigenvalue weighted by molar-refractivity contribution is 5.76. The van der Waals surface area contributed by atoms with Crippen molar-refractivity contribution in [2.75, 3.05) is 13.1 Å². The molecule has 2 N–H and O–H groups in total. The third-order valence-electron chi connectivity index (χ3n) is 3.53. The van der Waals surface area contributed by atoms with Crippen molar-refractivity contribution in [2.24, 2.45) is 5.92 Å². The lowest BCUT2D eigenvalue weighted by atomic mass is 9.94. The largest absolute Gasteiger partial charge is 0.353 e. The normalized spacial score (nSPS) is 21.1. The second-order valence-corrected chi connectivity index (χ2v) is 4.83. The molecular weight excluding hydrogens is 200 g/mol. The van der Waals surface area contributed by atoms with Crippen LogP contribution in [-0.4, -0.2) is 25.0 Å². The van der Waals surface area contributed by atoms with Crippen LogP contribution in [0.4, 0.5) is 0 Å². The van der Waals surface area contributed by atoms with Crippen molar-refractivity contribution in [3.05, 3.63) is 0 Å². The summed E-state index contributed by atoms with van der Waals surface area (Å²) < 4.78 is 0. The van der Waals surface area contributed by atoms with Gasteiger partial charge < -0.3 is 10.6 Å². The van der Waals surface area contributed by atoms with Gasteiger partial charge in [0.1, 0.15) is 0 Å². The van der Waals surface area contributed by atoms with E-state index < -0.39 is 0 Å².